The molecule has 4 rings (SSSR count). The van der Waals surface area contributed by atoms with E-state index < -0.39 is 34.3 Å². The lowest BCUT2D eigenvalue weighted by molar-refractivity contribution is -0.140. The van der Waals surface area contributed by atoms with Crippen molar-refractivity contribution in [1.29, 1.82) is 0 Å². The van der Waals surface area contributed by atoms with Gasteiger partial charge in [-0.1, -0.05) is 19.1 Å². The van der Waals surface area contributed by atoms with Gasteiger partial charge < -0.3 is 24.4 Å². The quantitative estimate of drug-likeness (QED) is 0.337. The van der Waals surface area contributed by atoms with E-state index in [-0.39, 0.29) is 41.8 Å². The fourth-order valence-corrected chi connectivity index (χ4v) is 6.06. The average Bonchev–Trinajstić information content (AvgIpc) is 3.00. The van der Waals surface area contributed by atoms with Crippen molar-refractivity contribution in [3.8, 4) is 17.2 Å². The third kappa shape index (κ3) is 6.93. The minimum Gasteiger partial charge on any atom is -0.497 e. The molecule has 0 radical (unpaired) electrons. The highest BCUT2D eigenvalue weighted by Crippen LogP contribution is 2.34. The molecule has 3 aromatic rings. The maximum absolute atomic E-state index is 14.1. The Hall–Kier alpha value is -4.32. The van der Waals surface area contributed by atoms with Crippen LogP contribution in [0.15, 0.2) is 71.6 Å². The average molecular weight is 600 g/mol. The van der Waals surface area contributed by atoms with E-state index in [0.29, 0.717) is 30.2 Å². The zero-order chi connectivity index (χ0) is 30.3. The van der Waals surface area contributed by atoms with Crippen LogP contribution in [-0.4, -0.2) is 64.6 Å². The molecule has 0 aromatic heterocycles. The summed E-state index contributed by atoms with van der Waals surface area (Å²) in [5.74, 6) is -0.319. The smallest absolute Gasteiger partial charge is 0.264 e. The van der Waals surface area contributed by atoms with Gasteiger partial charge in [0.25, 0.3) is 10.0 Å². The number of likely N-dealkylation sites (N-methyl/N-ethyl adjacent to an activating group) is 1. The van der Waals surface area contributed by atoms with E-state index in [9.17, 15) is 22.4 Å². The molecular formula is C30H34FN3O7S. The number of anilines is 1. The Morgan fingerprint density at radius 3 is 2.38 bits per heavy atom. The van der Waals surface area contributed by atoms with Crippen molar-refractivity contribution in [2.24, 2.45) is 0 Å². The van der Waals surface area contributed by atoms with Gasteiger partial charge in [0.2, 0.25) is 11.8 Å². The van der Waals surface area contributed by atoms with Crippen molar-refractivity contribution in [1.82, 2.24) is 10.2 Å². The topological polar surface area (TPSA) is 114 Å². The van der Waals surface area contributed by atoms with Gasteiger partial charge in [-0.15, -0.1) is 0 Å². The Labute approximate surface area is 245 Å². The zero-order valence-electron chi connectivity index (χ0n) is 23.7. The molecule has 0 saturated carbocycles. The Morgan fingerprint density at radius 1 is 1.00 bits per heavy atom. The highest BCUT2D eigenvalue weighted by atomic mass is 32.2. The molecule has 3 aromatic carbocycles. The van der Waals surface area contributed by atoms with Gasteiger partial charge in [-0.3, -0.25) is 13.9 Å². The number of benzene rings is 3. The predicted molar refractivity (Wildman–Crippen MR) is 155 cm³/mol. The molecular weight excluding hydrogens is 565 g/mol. The standard InChI is InChI=1S/C30H34FN3O7S/c1-4-26(30(36)32-5-2)33(19-21-7-6-8-24(17-21)39-3)29(35)20-34(23-11-9-22(31)10-12-23)42(37,38)25-13-14-27-28(18-25)41-16-15-40-27/h6-14,17-18,26H,4-5,15-16,19-20H2,1-3H3,(H,32,36)/t26-/m1/s1. The van der Waals surface area contributed by atoms with Gasteiger partial charge >= 0.3 is 0 Å². The third-order valence-corrected chi connectivity index (χ3v) is 8.49. The van der Waals surface area contributed by atoms with Gasteiger partial charge in [0.15, 0.2) is 11.5 Å². The molecule has 10 nitrogen and oxygen atoms in total. The largest absolute Gasteiger partial charge is 0.497 e. The second-order valence-corrected chi connectivity index (χ2v) is 11.3. The number of rotatable bonds is 12. The first-order valence-corrected chi connectivity index (χ1v) is 15.0. The minimum atomic E-state index is -4.37. The number of halogens is 1. The summed E-state index contributed by atoms with van der Waals surface area (Å²) in [4.78, 5) is 28.3. The van der Waals surface area contributed by atoms with Crippen molar-refractivity contribution >= 4 is 27.5 Å². The van der Waals surface area contributed by atoms with Crippen LogP contribution in [0.25, 0.3) is 0 Å². The number of fused-ring (bicyclic) bond motifs is 1. The van der Waals surface area contributed by atoms with Gasteiger partial charge in [0, 0.05) is 19.2 Å². The highest BCUT2D eigenvalue weighted by Gasteiger charge is 2.34. The maximum atomic E-state index is 14.1. The van der Waals surface area contributed by atoms with Crippen molar-refractivity contribution in [2.75, 3.05) is 37.7 Å². The van der Waals surface area contributed by atoms with Crippen molar-refractivity contribution in [2.45, 2.75) is 37.8 Å². The van der Waals surface area contributed by atoms with E-state index >= 15 is 0 Å². The fourth-order valence-electron chi connectivity index (χ4n) is 4.63. The number of nitrogens with zero attached hydrogens (tertiary/aromatic N) is 2. The first-order chi connectivity index (χ1) is 20.2. The third-order valence-electron chi connectivity index (χ3n) is 6.72. The van der Waals surface area contributed by atoms with Gasteiger partial charge in [-0.05, 0) is 67.4 Å². The minimum absolute atomic E-state index is 0.0208. The molecule has 1 atom stereocenters. The second-order valence-electron chi connectivity index (χ2n) is 9.49. The molecule has 224 valence electrons. The Balaban J connectivity index is 1.74. The first kappa shape index (κ1) is 30.6. The van der Waals surface area contributed by atoms with Crippen molar-refractivity contribution in [3.63, 3.8) is 0 Å². The summed E-state index contributed by atoms with van der Waals surface area (Å²) < 4.78 is 59.2. The number of carbonyl (C=O) groups is 2. The molecule has 2 amide bonds. The summed E-state index contributed by atoms with van der Waals surface area (Å²) in [6.45, 7) is 3.87. The molecule has 1 heterocycles. The van der Waals surface area contributed by atoms with Crippen molar-refractivity contribution < 1.29 is 36.6 Å². The van der Waals surface area contributed by atoms with Crippen LogP contribution in [0.3, 0.4) is 0 Å². The molecule has 0 unspecified atom stereocenters. The Kier molecular flexibility index (Phi) is 9.89. The number of nitrogens with one attached hydrogen (secondary N) is 1. The normalized spacial score (nSPS) is 13.1. The molecule has 0 bridgehead atoms. The molecule has 0 fully saturated rings. The number of hydrogen-bond acceptors (Lipinski definition) is 7. The highest BCUT2D eigenvalue weighted by molar-refractivity contribution is 7.92. The van der Waals surface area contributed by atoms with Gasteiger partial charge in [-0.2, -0.15) is 0 Å². The zero-order valence-corrected chi connectivity index (χ0v) is 24.5. The first-order valence-electron chi connectivity index (χ1n) is 13.6. The lowest BCUT2D eigenvalue weighted by atomic mass is 10.1. The van der Waals surface area contributed by atoms with E-state index in [4.69, 9.17) is 14.2 Å². The number of methoxy groups -OCH3 is 1. The van der Waals surface area contributed by atoms with Crippen LogP contribution in [0, 0.1) is 5.82 Å². The summed E-state index contributed by atoms with van der Waals surface area (Å²) in [7, 11) is -2.85. The van der Waals surface area contributed by atoms with E-state index in [2.05, 4.69) is 5.32 Å². The van der Waals surface area contributed by atoms with Crippen LogP contribution >= 0.6 is 0 Å². The molecule has 0 saturated heterocycles. The Bertz CT molecular complexity index is 1520. The van der Waals surface area contributed by atoms with E-state index in [0.717, 1.165) is 16.4 Å². The van der Waals surface area contributed by atoms with Crippen molar-refractivity contribution in [3.05, 3.63) is 78.1 Å². The maximum Gasteiger partial charge on any atom is 0.264 e. The summed E-state index contributed by atoms with van der Waals surface area (Å²) in [6, 6.07) is 15.2. The van der Waals surface area contributed by atoms with E-state index in [1.807, 2.05) is 0 Å². The molecule has 12 heteroatoms. The van der Waals surface area contributed by atoms with Crippen LogP contribution in [0.2, 0.25) is 0 Å². The van der Waals surface area contributed by atoms with Crippen LogP contribution < -0.4 is 23.8 Å². The number of sulfonamides is 1. The molecule has 42 heavy (non-hydrogen) atoms. The summed E-state index contributed by atoms with van der Waals surface area (Å²) in [5, 5.41) is 2.76. The van der Waals surface area contributed by atoms with Crippen LogP contribution in [0.1, 0.15) is 25.8 Å². The van der Waals surface area contributed by atoms with E-state index in [1.54, 1.807) is 38.1 Å². The predicted octanol–water partition coefficient (Wildman–Crippen LogP) is 3.74. The molecule has 1 N–H and O–H groups in total. The van der Waals surface area contributed by atoms with E-state index in [1.165, 1.54) is 42.3 Å². The van der Waals surface area contributed by atoms with Crippen LogP contribution in [0.5, 0.6) is 17.2 Å². The summed E-state index contributed by atoms with van der Waals surface area (Å²) in [5.41, 5.74) is 0.764. The van der Waals surface area contributed by atoms with Gasteiger partial charge in [0.1, 0.15) is 37.4 Å². The SMILES string of the molecule is CCNC(=O)[C@@H](CC)N(Cc1cccc(OC)c1)C(=O)CN(c1ccc(F)cc1)S(=O)(=O)c1ccc2c(c1)OCCO2. The van der Waals surface area contributed by atoms with Crippen LogP contribution in [0.4, 0.5) is 10.1 Å². The Morgan fingerprint density at radius 2 is 1.71 bits per heavy atom. The lowest BCUT2D eigenvalue weighted by Crippen LogP contribution is -2.52. The lowest BCUT2D eigenvalue weighted by Gasteiger charge is -2.33. The molecule has 1 aliphatic rings. The number of carbonyl (C=O) groups excluding carboxylic acids is 2. The molecule has 1 aliphatic heterocycles. The summed E-state index contributed by atoms with van der Waals surface area (Å²) in [6.07, 6.45) is 0.285. The number of ether oxygens (including phenoxy) is 3. The number of amides is 2. The van der Waals surface area contributed by atoms with Crippen LogP contribution in [-0.2, 0) is 26.2 Å². The van der Waals surface area contributed by atoms with Gasteiger partial charge in [0.05, 0.1) is 17.7 Å². The molecule has 0 spiro atoms. The number of hydrogen-bond donors (Lipinski definition) is 1. The second kappa shape index (κ2) is 13.6. The summed E-state index contributed by atoms with van der Waals surface area (Å²) >= 11 is 0. The van der Waals surface area contributed by atoms with Gasteiger partial charge in [-0.25, -0.2) is 12.8 Å². The monoisotopic (exact) mass is 599 g/mol. The fraction of sp³-hybridized carbons (Fsp3) is 0.333. The molecule has 0 aliphatic carbocycles.